The van der Waals surface area contributed by atoms with E-state index in [1.807, 2.05) is 43.3 Å². The minimum atomic E-state index is -0.816. The topological polar surface area (TPSA) is 75.6 Å². The molecule has 0 aromatic heterocycles. The Morgan fingerprint density at radius 2 is 1.76 bits per heavy atom. The number of amides is 1. The van der Waals surface area contributed by atoms with Crippen LogP contribution in [-0.4, -0.2) is 29.3 Å². The molecule has 132 valence electrons. The molecule has 0 bridgehead atoms. The Balaban J connectivity index is 1.78. The zero-order valence-corrected chi connectivity index (χ0v) is 14.8. The van der Waals surface area contributed by atoms with Gasteiger partial charge < -0.3 is 15.2 Å². The number of benzene rings is 2. The minimum absolute atomic E-state index is 0.0860. The highest BCUT2D eigenvalue weighted by Crippen LogP contribution is 2.21. The van der Waals surface area contributed by atoms with Crippen LogP contribution in [0.15, 0.2) is 53.4 Å². The van der Waals surface area contributed by atoms with Crippen LogP contribution in [0.5, 0.6) is 5.75 Å². The third-order valence-electron chi connectivity index (χ3n) is 3.37. The van der Waals surface area contributed by atoms with Gasteiger partial charge in [-0.3, -0.25) is 9.59 Å². The summed E-state index contributed by atoms with van der Waals surface area (Å²) in [6.45, 7) is 2.57. The highest BCUT2D eigenvalue weighted by Gasteiger charge is 2.05. The first-order valence-electron chi connectivity index (χ1n) is 8.03. The standard InChI is InChI=1S/C19H21NO4S/c1-2-24-16-8-10-17(11-9-16)25-13-18(21)20-15-6-3-14(4-7-15)5-12-19(22)23/h3-4,6-11H,2,5,12-13H2,1H3,(H,20,21)(H,22,23). The number of rotatable bonds is 9. The maximum Gasteiger partial charge on any atom is 0.303 e. The number of hydrogen-bond donors (Lipinski definition) is 2. The number of anilines is 1. The van der Waals surface area contributed by atoms with Crippen LogP contribution >= 0.6 is 11.8 Å². The number of carbonyl (C=O) groups is 2. The van der Waals surface area contributed by atoms with Crippen LogP contribution in [0.25, 0.3) is 0 Å². The average molecular weight is 359 g/mol. The van der Waals surface area contributed by atoms with Crippen molar-refractivity contribution in [1.82, 2.24) is 0 Å². The lowest BCUT2D eigenvalue weighted by molar-refractivity contribution is -0.137. The largest absolute Gasteiger partial charge is 0.494 e. The molecule has 2 N–H and O–H groups in total. The van der Waals surface area contributed by atoms with Crippen LogP contribution in [0.3, 0.4) is 0 Å². The Morgan fingerprint density at radius 1 is 1.08 bits per heavy atom. The van der Waals surface area contributed by atoms with E-state index < -0.39 is 5.97 Å². The monoisotopic (exact) mass is 359 g/mol. The van der Waals surface area contributed by atoms with Crippen LogP contribution < -0.4 is 10.1 Å². The summed E-state index contributed by atoms with van der Waals surface area (Å²) >= 11 is 1.46. The van der Waals surface area contributed by atoms with Crippen molar-refractivity contribution < 1.29 is 19.4 Å². The quantitative estimate of drug-likeness (QED) is 0.666. The van der Waals surface area contributed by atoms with Crippen LogP contribution in [-0.2, 0) is 16.0 Å². The van der Waals surface area contributed by atoms with Gasteiger partial charge in [-0.1, -0.05) is 12.1 Å². The Hall–Kier alpha value is -2.47. The smallest absolute Gasteiger partial charge is 0.303 e. The predicted octanol–water partition coefficient (Wildman–Crippen LogP) is 3.83. The van der Waals surface area contributed by atoms with Crippen LogP contribution in [0.4, 0.5) is 5.69 Å². The van der Waals surface area contributed by atoms with Crippen molar-refractivity contribution in [3.8, 4) is 5.75 Å². The highest BCUT2D eigenvalue weighted by molar-refractivity contribution is 8.00. The number of carbonyl (C=O) groups excluding carboxylic acids is 1. The summed E-state index contributed by atoms with van der Waals surface area (Å²) in [5, 5.41) is 11.5. The maximum atomic E-state index is 12.0. The van der Waals surface area contributed by atoms with Gasteiger partial charge in [0.2, 0.25) is 5.91 Å². The number of nitrogens with one attached hydrogen (secondary N) is 1. The van der Waals surface area contributed by atoms with Gasteiger partial charge in [0.25, 0.3) is 0 Å². The summed E-state index contributed by atoms with van der Waals surface area (Å²) in [7, 11) is 0. The Kier molecular flexibility index (Phi) is 7.35. The van der Waals surface area contributed by atoms with Crippen molar-refractivity contribution in [1.29, 1.82) is 0 Å². The Bertz CT molecular complexity index is 698. The molecule has 2 aromatic carbocycles. The van der Waals surface area contributed by atoms with Gasteiger partial charge in [0.15, 0.2) is 0 Å². The zero-order chi connectivity index (χ0) is 18.1. The fourth-order valence-electron chi connectivity index (χ4n) is 2.15. The second-order valence-electron chi connectivity index (χ2n) is 5.33. The Morgan fingerprint density at radius 3 is 2.36 bits per heavy atom. The first-order chi connectivity index (χ1) is 12.1. The molecular weight excluding hydrogens is 338 g/mol. The fourth-order valence-corrected chi connectivity index (χ4v) is 2.85. The van der Waals surface area contributed by atoms with Crippen molar-refractivity contribution in [2.45, 2.75) is 24.7 Å². The molecule has 0 radical (unpaired) electrons. The third-order valence-corrected chi connectivity index (χ3v) is 4.38. The molecule has 0 aliphatic rings. The van der Waals surface area contributed by atoms with E-state index in [1.54, 1.807) is 12.1 Å². The molecular formula is C19H21NO4S. The van der Waals surface area contributed by atoms with E-state index in [2.05, 4.69) is 5.32 Å². The van der Waals surface area contributed by atoms with E-state index in [4.69, 9.17) is 9.84 Å². The molecule has 2 aromatic rings. The molecule has 2 rings (SSSR count). The number of carboxylic acid groups (broad SMARTS) is 1. The van der Waals surface area contributed by atoms with Crippen molar-refractivity contribution in [2.24, 2.45) is 0 Å². The molecule has 6 heteroatoms. The number of thioether (sulfide) groups is 1. The summed E-state index contributed by atoms with van der Waals surface area (Å²) in [5.41, 5.74) is 1.64. The molecule has 0 saturated heterocycles. The molecule has 0 fully saturated rings. The summed E-state index contributed by atoms with van der Waals surface area (Å²) in [4.78, 5) is 23.6. The average Bonchev–Trinajstić information content (AvgIpc) is 2.61. The summed E-state index contributed by atoms with van der Waals surface area (Å²) < 4.78 is 5.38. The van der Waals surface area contributed by atoms with E-state index in [0.29, 0.717) is 24.5 Å². The van der Waals surface area contributed by atoms with E-state index in [-0.39, 0.29) is 12.3 Å². The molecule has 0 spiro atoms. The number of aliphatic carboxylic acids is 1. The van der Waals surface area contributed by atoms with Gasteiger partial charge in [0.1, 0.15) is 5.75 Å². The molecule has 0 aliphatic heterocycles. The minimum Gasteiger partial charge on any atom is -0.494 e. The number of carboxylic acids is 1. The zero-order valence-electron chi connectivity index (χ0n) is 14.0. The number of hydrogen-bond acceptors (Lipinski definition) is 4. The number of aryl methyl sites for hydroxylation is 1. The fraction of sp³-hybridized carbons (Fsp3) is 0.263. The molecule has 25 heavy (non-hydrogen) atoms. The van der Waals surface area contributed by atoms with Gasteiger partial charge in [-0.15, -0.1) is 11.8 Å². The van der Waals surface area contributed by atoms with E-state index in [0.717, 1.165) is 16.2 Å². The van der Waals surface area contributed by atoms with Crippen LogP contribution in [0.1, 0.15) is 18.9 Å². The Labute approximate surface area is 151 Å². The molecule has 1 amide bonds. The van der Waals surface area contributed by atoms with Gasteiger partial charge in [0, 0.05) is 17.0 Å². The lowest BCUT2D eigenvalue weighted by Crippen LogP contribution is -2.13. The van der Waals surface area contributed by atoms with Crippen molar-refractivity contribution in [3.63, 3.8) is 0 Å². The van der Waals surface area contributed by atoms with Gasteiger partial charge in [0.05, 0.1) is 12.4 Å². The maximum absolute atomic E-state index is 12.0. The molecule has 0 saturated carbocycles. The van der Waals surface area contributed by atoms with E-state index >= 15 is 0 Å². The SMILES string of the molecule is CCOc1ccc(SCC(=O)Nc2ccc(CCC(=O)O)cc2)cc1. The lowest BCUT2D eigenvalue weighted by atomic mass is 10.1. The van der Waals surface area contributed by atoms with Crippen molar-refractivity contribution >= 4 is 29.3 Å². The number of ether oxygens (including phenoxy) is 1. The first-order valence-corrected chi connectivity index (χ1v) is 9.01. The van der Waals surface area contributed by atoms with Gasteiger partial charge >= 0.3 is 5.97 Å². The summed E-state index contributed by atoms with van der Waals surface area (Å²) in [6.07, 6.45) is 0.585. The summed E-state index contributed by atoms with van der Waals surface area (Å²) in [5.74, 6) is 0.231. The van der Waals surface area contributed by atoms with Crippen LogP contribution in [0, 0.1) is 0 Å². The third kappa shape index (κ3) is 6.89. The second kappa shape index (κ2) is 9.74. The van der Waals surface area contributed by atoms with Gasteiger partial charge in [-0.2, -0.15) is 0 Å². The molecule has 0 aliphatic carbocycles. The molecule has 0 atom stereocenters. The normalized spacial score (nSPS) is 10.3. The lowest BCUT2D eigenvalue weighted by Gasteiger charge is -2.07. The first kappa shape index (κ1) is 18.9. The van der Waals surface area contributed by atoms with Crippen molar-refractivity contribution in [2.75, 3.05) is 17.7 Å². The molecule has 0 unspecified atom stereocenters. The summed E-state index contributed by atoms with van der Waals surface area (Å²) in [6, 6.07) is 14.9. The van der Waals surface area contributed by atoms with E-state index in [9.17, 15) is 9.59 Å². The highest BCUT2D eigenvalue weighted by atomic mass is 32.2. The van der Waals surface area contributed by atoms with Crippen LogP contribution in [0.2, 0.25) is 0 Å². The second-order valence-corrected chi connectivity index (χ2v) is 6.38. The van der Waals surface area contributed by atoms with Crippen molar-refractivity contribution in [3.05, 3.63) is 54.1 Å². The van der Waals surface area contributed by atoms with Gasteiger partial charge in [-0.05, 0) is 55.3 Å². The predicted molar refractivity (Wildman–Crippen MR) is 99.4 cm³/mol. The molecule has 0 heterocycles. The van der Waals surface area contributed by atoms with E-state index in [1.165, 1.54) is 11.8 Å². The van der Waals surface area contributed by atoms with Gasteiger partial charge in [-0.25, -0.2) is 0 Å². The molecule has 5 nitrogen and oxygen atoms in total.